The van der Waals surface area contributed by atoms with E-state index >= 15 is 0 Å². The van der Waals surface area contributed by atoms with Crippen molar-refractivity contribution in [2.24, 2.45) is 0 Å². The molecule has 2 aromatic carbocycles. The van der Waals surface area contributed by atoms with Gasteiger partial charge in [0, 0.05) is 51.9 Å². The van der Waals surface area contributed by atoms with Crippen LogP contribution in [0.4, 0.5) is 5.69 Å². The monoisotopic (exact) mass is 433 g/mol. The van der Waals surface area contributed by atoms with Crippen LogP contribution in [0.2, 0.25) is 0 Å². The maximum atomic E-state index is 13.1. The zero-order valence-electron chi connectivity index (χ0n) is 19.2. The topological polar surface area (TPSA) is 36.0 Å². The summed E-state index contributed by atoms with van der Waals surface area (Å²) in [6, 6.07) is 18.6. The number of likely N-dealkylation sites (tertiary alicyclic amines) is 1. The van der Waals surface area contributed by atoms with Gasteiger partial charge in [-0.05, 0) is 36.1 Å². The number of anilines is 1. The minimum absolute atomic E-state index is 0.165. The second-order valence-corrected chi connectivity index (χ2v) is 8.71. The van der Waals surface area contributed by atoms with Gasteiger partial charge in [0.25, 0.3) is 0 Å². The number of para-hydroxylation sites is 2. The molecular formula is C27H35N3O2. The first-order valence-corrected chi connectivity index (χ1v) is 11.9. The summed E-state index contributed by atoms with van der Waals surface area (Å²) in [5.41, 5.74) is 3.42. The highest BCUT2D eigenvalue weighted by atomic mass is 16.5. The third kappa shape index (κ3) is 5.71. The number of benzene rings is 2. The largest absolute Gasteiger partial charge is 0.495 e. The van der Waals surface area contributed by atoms with Crippen molar-refractivity contribution in [3.8, 4) is 5.75 Å². The third-order valence-corrected chi connectivity index (χ3v) is 6.55. The standard InChI is InChI=1S/C27H35N3O2/c1-32-26-14-8-7-13-25(26)29-19-17-28(18-20-29)22-24(23-11-5-4-6-12-23)21-27(31)30-15-9-2-3-10-16-30/h4-8,11-14,21H,2-3,9-10,15-20,22H2,1H3/b24-21-. The minimum atomic E-state index is 0.165. The van der Waals surface area contributed by atoms with Gasteiger partial charge in [-0.1, -0.05) is 55.3 Å². The quantitative estimate of drug-likeness (QED) is 0.637. The Morgan fingerprint density at radius 2 is 1.50 bits per heavy atom. The van der Waals surface area contributed by atoms with Gasteiger partial charge in [0.1, 0.15) is 5.75 Å². The highest BCUT2D eigenvalue weighted by Crippen LogP contribution is 2.28. The number of amides is 1. The fraction of sp³-hybridized carbons (Fsp3) is 0.444. The summed E-state index contributed by atoms with van der Waals surface area (Å²) in [7, 11) is 1.73. The maximum Gasteiger partial charge on any atom is 0.246 e. The normalized spacial score (nSPS) is 18.3. The molecule has 0 saturated carbocycles. The Labute approximate surface area is 192 Å². The van der Waals surface area contributed by atoms with Crippen LogP contribution in [0.5, 0.6) is 5.75 Å². The van der Waals surface area contributed by atoms with E-state index in [1.165, 1.54) is 12.8 Å². The third-order valence-electron chi connectivity index (χ3n) is 6.55. The van der Waals surface area contributed by atoms with Crippen molar-refractivity contribution in [3.63, 3.8) is 0 Å². The van der Waals surface area contributed by atoms with Gasteiger partial charge in [-0.3, -0.25) is 9.69 Å². The molecule has 0 atom stereocenters. The Hall–Kier alpha value is -2.79. The lowest BCUT2D eigenvalue weighted by Crippen LogP contribution is -2.47. The molecule has 2 fully saturated rings. The van der Waals surface area contributed by atoms with Crippen molar-refractivity contribution in [3.05, 3.63) is 66.2 Å². The van der Waals surface area contributed by atoms with Crippen LogP contribution in [0.25, 0.3) is 5.57 Å². The molecule has 0 unspecified atom stereocenters. The molecular weight excluding hydrogens is 398 g/mol. The van der Waals surface area contributed by atoms with E-state index in [2.05, 4.69) is 46.2 Å². The highest BCUT2D eigenvalue weighted by Gasteiger charge is 2.21. The fourth-order valence-electron chi connectivity index (χ4n) is 4.68. The predicted octanol–water partition coefficient (Wildman–Crippen LogP) is 4.30. The molecule has 0 bridgehead atoms. The molecule has 0 N–H and O–H groups in total. The van der Waals surface area contributed by atoms with Gasteiger partial charge in [0.05, 0.1) is 12.8 Å². The zero-order valence-corrected chi connectivity index (χ0v) is 19.2. The highest BCUT2D eigenvalue weighted by molar-refractivity contribution is 5.95. The molecule has 2 aliphatic rings. The number of rotatable bonds is 6. The number of hydrogen-bond donors (Lipinski definition) is 0. The number of methoxy groups -OCH3 is 1. The van der Waals surface area contributed by atoms with Crippen LogP contribution in [0.1, 0.15) is 31.2 Å². The van der Waals surface area contributed by atoms with Crippen LogP contribution < -0.4 is 9.64 Å². The van der Waals surface area contributed by atoms with Crippen molar-refractivity contribution in [2.45, 2.75) is 25.7 Å². The van der Waals surface area contributed by atoms with Crippen LogP contribution in [0.15, 0.2) is 60.7 Å². The molecule has 5 nitrogen and oxygen atoms in total. The molecule has 4 rings (SSSR count). The summed E-state index contributed by atoms with van der Waals surface area (Å²) in [6.45, 7) is 6.37. The molecule has 5 heteroatoms. The van der Waals surface area contributed by atoms with Gasteiger partial charge in [-0.15, -0.1) is 0 Å². The number of carbonyl (C=O) groups is 1. The van der Waals surface area contributed by atoms with E-state index < -0.39 is 0 Å². The first kappa shape index (κ1) is 22.4. The van der Waals surface area contributed by atoms with Gasteiger partial charge < -0.3 is 14.5 Å². The van der Waals surface area contributed by atoms with Gasteiger partial charge in [-0.2, -0.15) is 0 Å². The summed E-state index contributed by atoms with van der Waals surface area (Å²) in [5.74, 6) is 1.09. The second kappa shape index (κ2) is 11.2. The number of nitrogens with zero attached hydrogens (tertiary/aromatic N) is 3. The summed E-state index contributed by atoms with van der Waals surface area (Å²) in [6.07, 6.45) is 6.59. The smallest absolute Gasteiger partial charge is 0.246 e. The first-order valence-electron chi connectivity index (χ1n) is 11.9. The van der Waals surface area contributed by atoms with Crippen molar-refractivity contribution in [2.75, 3.05) is 57.8 Å². The average Bonchev–Trinajstić information content (AvgIpc) is 3.14. The number of ether oxygens (including phenoxy) is 1. The van der Waals surface area contributed by atoms with Crippen LogP contribution in [-0.2, 0) is 4.79 Å². The van der Waals surface area contributed by atoms with Crippen LogP contribution in [0.3, 0.4) is 0 Å². The molecule has 0 radical (unpaired) electrons. The second-order valence-electron chi connectivity index (χ2n) is 8.71. The summed E-state index contributed by atoms with van der Waals surface area (Å²) < 4.78 is 5.55. The van der Waals surface area contributed by atoms with Crippen molar-refractivity contribution < 1.29 is 9.53 Å². The van der Waals surface area contributed by atoms with E-state index in [-0.39, 0.29) is 5.91 Å². The van der Waals surface area contributed by atoms with Crippen LogP contribution in [0, 0.1) is 0 Å². The number of piperazine rings is 1. The summed E-state index contributed by atoms with van der Waals surface area (Å²) >= 11 is 0. The molecule has 2 heterocycles. The minimum Gasteiger partial charge on any atom is -0.495 e. The van der Waals surface area contributed by atoms with E-state index in [1.54, 1.807) is 7.11 Å². The lowest BCUT2D eigenvalue weighted by atomic mass is 10.0. The Morgan fingerprint density at radius 1 is 0.844 bits per heavy atom. The van der Waals surface area contributed by atoms with Crippen molar-refractivity contribution >= 4 is 17.2 Å². The SMILES string of the molecule is COc1ccccc1N1CCN(C/C(=C/C(=O)N2CCCCCC2)c2ccccc2)CC1. The molecule has 32 heavy (non-hydrogen) atoms. The molecule has 0 aliphatic carbocycles. The summed E-state index contributed by atoms with van der Waals surface area (Å²) in [4.78, 5) is 20.0. The lowest BCUT2D eigenvalue weighted by Gasteiger charge is -2.37. The van der Waals surface area contributed by atoms with Crippen LogP contribution >= 0.6 is 0 Å². The fourth-order valence-corrected chi connectivity index (χ4v) is 4.68. The predicted molar refractivity (Wildman–Crippen MR) is 131 cm³/mol. The van der Waals surface area contributed by atoms with Gasteiger partial charge in [-0.25, -0.2) is 0 Å². The van der Waals surface area contributed by atoms with Crippen molar-refractivity contribution in [1.29, 1.82) is 0 Å². The van der Waals surface area contributed by atoms with E-state index in [9.17, 15) is 4.79 Å². The number of hydrogen-bond acceptors (Lipinski definition) is 4. The average molecular weight is 434 g/mol. The van der Waals surface area contributed by atoms with Crippen molar-refractivity contribution in [1.82, 2.24) is 9.80 Å². The Morgan fingerprint density at radius 3 is 2.19 bits per heavy atom. The lowest BCUT2D eigenvalue weighted by molar-refractivity contribution is -0.125. The van der Waals surface area contributed by atoms with E-state index in [1.807, 2.05) is 29.2 Å². The maximum absolute atomic E-state index is 13.1. The molecule has 2 aromatic rings. The number of carbonyl (C=O) groups excluding carboxylic acids is 1. The van der Waals surface area contributed by atoms with Gasteiger partial charge in [0.15, 0.2) is 0 Å². The van der Waals surface area contributed by atoms with Gasteiger partial charge >= 0.3 is 0 Å². The van der Waals surface area contributed by atoms with E-state index in [0.717, 1.165) is 81.2 Å². The van der Waals surface area contributed by atoms with Crippen LogP contribution in [-0.4, -0.2) is 68.6 Å². The molecule has 0 aromatic heterocycles. The van der Waals surface area contributed by atoms with E-state index in [4.69, 9.17) is 4.74 Å². The molecule has 1 amide bonds. The summed E-state index contributed by atoms with van der Waals surface area (Å²) in [5, 5.41) is 0. The molecule has 0 spiro atoms. The molecule has 2 saturated heterocycles. The van der Waals surface area contributed by atoms with E-state index in [0.29, 0.717) is 0 Å². The molecule has 2 aliphatic heterocycles. The molecule has 170 valence electrons. The zero-order chi connectivity index (χ0) is 22.2. The Kier molecular flexibility index (Phi) is 7.83. The Balaban J connectivity index is 1.44. The Bertz CT molecular complexity index is 896. The first-order chi connectivity index (χ1) is 15.7. The van der Waals surface area contributed by atoms with Gasteiger partial charge in [0.2, 0.25) is 5.91 Å².